The monoisotopic (exact) mass is 487 g/mol. The van der Waals surface area contributed by atoms with Crippen molar-refractivity contribution in [2.24, 2.45) is 11.3 Å². The second kappa shape index (κ2) is 10.8. The van der Waals surface area contributed by atoms with Gasteiger partial charge in [-0.1, -0.05) is 42.3 Å². The maximum absolute atomic E-state index is 13.6. The summed E-state index contributed by atoms with van der Waals surface area (Å²) in [5.41, 5.74) is 2.79. The van der Waals surface area contributed by atoms with Gasteiger partial charge in [0.25, 0.3) is 0 Å². The van der Waals surface area contributed by atoms with E-state index < -0.39 is 11.4 Å². The maximum Gasteiger partial charge on any atom is 0.304 e. The van der Waals surface area contributed by atoms with Crippen LogP contribution in [0.4, 0.5) is 0 Å². The number of nitrogens with one attached hydrogen (secondary N) is 1. The van der Waals surface area contributed by atoms with E-state index in [9.17, 15) is 14.7 Å². The molecule has 2 atom stereocenters. The summed E-state index contributed by atoms with van der Waals surface area (Å²) in [4.78, 5) is 30.2. The molecule has 0 aromatic heterocycles. The molecule has 34 heavy (non-hydrogen) atoms. The van der Waals surface area contributed by atoms with E-state index in [1.54, 1.807) is 5.57 Å². The molecule has 1 aromatic rings. The molecule has 2 aliphatic heterocycles. The molecule has 1 amide bonds. The number of aliphatic carboxylic acids is 1. The van der Waals surface area contributed by atoms with Gasteiger partial charge in [-0.15, -0.1) is 0 Å². The zero-order valence-electron chi connectivity index (χ0n) is 20.5. The number of allylic oxidation sites excluding steroid dienone is 1. The van der Waals surface area contributed by atoms with Crippen molar-refractivity contribution in [3.8, 4) is 0 Å². The summed E-state index contributed by atoms with van der Waals surface area (Å²) in [7, 11) is 0. The summed E-state index contributed by atoms with van der Waals surface area (Å²) < 4.78 is 0. The van der Waals surface area contributed by atoms with Crippen LogP contribution >= 0.6 is 11.6 Å². The minimum Gasteiger partial charge on any atom is -0.481 e. The number of halogens is 1. The third-order valence-electron chi connectivity index (χ3n) is 8.12. The summed E-state index contributed by atoms with van der Waals surface area (Å²) in [6.07, 6.45) is 7.76. The number of amides is 1. The van der Waals surface area contributed by atoms with Gasteiger partial charge < -0.3 is 10.4 Å². The normalized spacial score (nSPS) is 26.6. The lowest BCUT2D eigenvalue weighted by Crippen LogP contribution is -2.53. The van der Waals surface area contributed by atoms with Crippen molar-refractivity contribution in [2.75, 3.05) is 32.7 Å². The van der Waals surface area contributed by atoms with E-state index in [2.05, 4.69) is 21.2 Å². The van der Waals surface area contributed by atoms with Crippen LogP contribution in [0.5, 0.6) is 0 Å². The summed E-state index contributed by atoms with van der Waals surface area (Å²) in [5, 5.41) is 13.7. The van der Waals surface area contributed by atoms with Gasteiger partial charge in [-0.05, 0) is 62.1 Å². The van der Waals surface area contributed by atoms with E-state index in [-0.39, 0.29) is 24.3 Å². The fourth-order valence-corrected chi connectivity index (χ4v) is 6.28. The molecule has 3 aliphatic rings. The Morgan fingerprint density at radius 3 is 2.62 bits per heavy atom. The van der Waals surface area contributed by atoms with Crippen LogP contribution in [0, 0.1) is 18.3 Å². The number of likely N-dealkylation sites (tertiary alicyclic amines) is 2. The Morgan fingerprint density at radius 2 is 1.97 bits per heavy atom. The Morgan fingerprint density at radius 1 is 1.21 bits per heavy atom. The molecule has 1 aliphatic carbocycles. The number of piperidine rings is 1. The predicted octanol–water partition coefficient (Wildman–Crippen LogP) is 4.25. The van der Waals surface area contributed by atoms with Gasteiger partial charge in [0.15, 0.2) is 0 Å². The second-order valence-electron chi connectivity index (χ2n) is 10.6. The average Bonchev–Trinajstić information content (AvgIpc) is 3.40. The molecule has 186 valence electrons. The van der Waals surface area contributed by atoms with Crippen molar-refractivity contribution in [3.63, 3.8) is 0 Å². The van der Waals surface area contributed by atoms with Crippen LogP contribution in [0.2, 0.25) is 5.02 Å². The third-order valence-corrected chi connectivity index (χ3v) is 8.47. The molecule has 4 rings (SSSR count). The molecule has 0 bridgehead atoms. The number of hydrogen-bond donors (Lipinski definition) is 2. The highest BCUT2D eigenvalue weighted by Crippen LogP contribution is 2.41. The average molecular weight is 488 g/mol. The minimum absolute atomic E-state index is 0.0548. The van der Waals surface area contributed by atoms with Crippen molar-refractivity contribution in [2.45, 2.75) is 65.0 Å². The predicted molar refractivity (Wildman–Crippen MR) is 135 cm³/mol. The molecule has 0 spiro atoms. The smallest absolute Gasteiger partial charge is 0.304 e. The highest BCUT2D eigenvalue weighted by molar-refractivity contribution is 6.31. The van der Waals surface area contributed by atoms with Gasteiger partial charge in [0.1, 0.15) is 0 Å². The topological polar surface area (TPSA) is 72.9 Å². The van der Waals surface area contributed by atoms with E-state index in [1.807, 2.05) is 32.0 Å². The Labute approximate surface area is 208 Å². The highest BCUT2D eigenvalue weighted by Gasteiger charge is 2.51. The minimum atomic E-state index is -0.924. The first-order chi connectivity index (χ1) is 16.3. The number of carbonyl (C=O) groups is 2. The third kappa shape index (κ3) is 5.67. The largest absolute Gasteiger partial charge is 0.481 e. The van der Waals surface area contributed by atoms with Crippen molar-refractivity contribution in [3.05, 3.63) is 46.0 Å². The van der Waals surface area contributed by atoms with Crippen LogP contribution in [0.3, 0.4) is 0 Å². The first-order valence-electron chi connectivity index (χ1n) is 12.7. The lowest BCUT2D eigenvalue weighted by Gasteiger charge is -2.36. The van der Waals surface area contributed by atoms with E-state index in [4.69, 9.17) is 11.6 Å². The van der Waals surface area contributed by atoms with Gasteiger partial charge in [0.05, 0.1) is 11.8 Å². The van der Waals surface area contributed by atoms with Gasteiger partial charge in [0.2, 0.25) is 5.91 Å². The van der Waals surface area contributed by atoms with E-state index in [0.29, 0.717) is 24.7 Å². The van der Waals surface area contributed by atoms with Crippen LogP contribution in [-0.4, -0.2) is 65.5 Å². The molecule has 7 heteroatoms. The number of carboxylic acid groups (broad SMARTS) is 1. The molecule has 0 unspecified atom stereocenters. The van der Waals surface area contributed by atoms with E-state index in [1.165, 1.54) is 19.3 Å². The molecular formula is C27H38ClN3O3. The fourth-order valence-electron chi connectivity index (χ4n) is 6.00. The SMILES string of the molecule is Cc1cccc(Cl)c1CN1C[C@H](C)[C@@](CC(=O)O)(C(=O)NC2CCN(CC3=CCCC3)CC2)C1. The van der Waals surface area contributed by atoms with Crippen LogP contribution in [-0.2, 0) is 16.1 Å². The molecule has 1 aromatic carbocycles. The molecule has 2 N–H and O–H groups in total. The maximum atomic E-state index is 13.6. The molecule has 2 fully saturated rings. The highest BCUT2D eigenvalue weighted by atomic mass is 35.5. The van der Waals surface area contributed by atoms with Gasteiger partial charge in [-0.25, -0.2) is 0 Å². The molecule has 6 nitrogen and oxygen atoms in total. The molecule has 2 saturated heterocycles. The lowest BCUT2D eigenvalue weighted by molar-refractivity contribution is -0.147. The Kier molecular flexibility index (Phi) is 8.01. The fraction of sp³-hybridized carbons (Fsp3) is 0.630. The number of nitrogens with zero attached hydrogens (tertiary/aromatic N) is 2. The number of hydrogen-bond acceptors (Lipinski definition) is 4. The summed E-state index contributed by atoms with van der Waals surface area (Å²) in [6.45, 7) is 8.79. The number of carbonyl (C=O) groups excluding carboxylic acids is 1. The van der Waals surface area contributed by atoms with Gasteiger partial charge in [-0.2, -0.15) is 0 Å². The first-order valence-corrected chi connectivity index (χ1v) is 13.0. The molecular weight excluding hydrogens is 450 g/mol. The Hall–Kier alpha value is -1.89. The number of aryl methyl sites for hydroxylation is 1. The molecule has 0 saturated carbocycles. The number of carboxylic acids is 1. The summed E-state index contributed by atoms with van der Waals surface area (Å²) in [6, 6.07) is 5.97. The van der Waals surface area contributed by atoms with Gasteiger partial charge in [-0.3, -0.25) is 19.4 Å². The van der Waals surface area contributed by atoms with Crippen molar-refractivity contribution in [1.29, 1.82) is 0 Å². The summed E-state index contributed by atoms with van der Waals surface area (Å²) >= 11 is 6.45. The first kappa shape index (κ1) is 25.2. The van der Waals surface area contributed by atoms with Crippen LogP contribution in [0.25, 0.3) is 0 Å². The van der Waals surface area contributed by atoms with E-state index in [0.717, 1.165) is 43.6 Å². The van der Waals surface area contributed by atoms with Crippen LogP contribution < -0.4 is 5.32 Å². The van der Waals surface area contributed by atoms with Crippen molar-refractivity contribution >= 4 is 23.5 Å². The van der Waals surface area contributed by atoms with Gasteiger partial charge in [0, 0.05) is 50.3 Å². The Bertz CT molecular complexity index is 921. The van der Waals surface area contributed by atoms with Gasteiger partial charge >= 0.3 is 5.97 Å². The van der Waals surface area contributed by atoms with Crippen LogP contribution in [0.1, 0.15) is 56.6 Å². The number of benzene rings is 1. The quantitative estimate of drug-likeness (QED) is 0.536. The lowest BCUT2D eigenvalue weighted by atomic mass is 9.75. The molecule has 2 heterocycles. The number of rotatable bonds is 8. The van der Waals surface area contributed by atoms with Crippen molar-refractivity contribution < 1.29 is 14.7 Å². The zero-order chi connectivity index (χ0) is 24.3. The summed E-state index contributed by atoms with van der Waals surface area (Å²) in [5.74, 6) is -1.07. The standard InChI is InChI=1S/C27H38ClN3O3/c1-19-6-5-9-24(28)23(19)17-31-15-20(2)27(18-31,14-25(32)33)26(34)29-22-10-12-30(13-11-22)16-21-7-3-4-8-21/h5-7,9,20,22H,3-4,8,10-18H2,1-2H3,(H,29,34)(H,32,33)/t20-,27-/m0/s1. The van der Waals surface area contributed by atoms with Crippen molar-refractivity contribution in [1.82, 2.24) is 15.1 Å². The zero-order valence-corrected chi connectivity index (χ0v) is 21.2. The molecule has 0 radical (unpaired) electrons. The second-order valence-corrected chi connectivity index (χ2v) is 11.0. The Balaban J connectivity index is 1.39. The van der Waals surface area contributed by atoms with E-state index >= 15 is 0 Å². The van der Waals surface area contributed by atoms with Crippen LogP contribution in [0.15, 0.2) is 29.8 Å².